The summed E-state index contributed by atoms with van der Waals surface area (Å²) in [6.45, 7) is 7.18. The van der Waals surface area contributed by atoms with Crippen LogP contribution >= 0.6 is 0 Å². The Bertz CT molecular complexity index is 887. The first kappa shape index (κ1) is 22.6. The number of methoxy groups -OCH3 is 1. The van der Waals surface area contributed by atoms with E-state index in [0.717, 1.165) is 38.4 Å². The van der Waals surface area contributed by atoms with E-state index < -0.39 is 0 Å². The smallest absolute Gasteiger partial charge is 0.339 e. The van der Waals surface area contributed by atoms with Crippen molar-refractivity contribution >= 4 is 23.4 Å². The Morgan fingerprint density at radius 2 is 1.94 bits per heavy atom. The van der Waals surface area contributed by atoms with E-state index in [1.165, 1.54) is 0 Å². The number of anilines is 2. The average Bonchev–Trinajstić information content (AvgIpc) is 3.05. The minimum absolute atomic E-state index is 0.0603. The Hall–Kier alpha value is -3.13. The monoisotopic (exact) mass is 426 g/mol. The first-order valence-electron chi connectivity index (χ1n) is 10.6. The number of para-hydroxylation sites is 2. The lowest BCUT2D eigenvalue weighted by molar-refractivity contribution is -0.120. The number of pyridine rings is 1. The lowest BCUT2D eigenvalue weighted by atomic mass is 10.2. The van der Waals surface area contributed by atoms with Gasteiger partial charge in [0, 0.05) is 32.4 Å². The highest BCUT2D eigenvalue weighted by molar-refractivity contribution is 5.95. The highest BCUT2D eigenvalue weighted by atomic mass is 16.5. The number of carbonyl (C=O) groups excluding carboxylic acids is 2. The molecule has 1 aromatic carbocycles. The summed E-state index contributed by atoms with van der Waals surface area (Å²) in [5.41, 5.74) is 1.12. The summed E-state index contributed by atoms with van der Waals surface area (Å²) in [5, 5.41) is 2.97. The van der Waals surface area contributed by atoms with Gasteiger partial charge in [-0.15, -0.1) is 0 Å². The molecule has 31 heavy (non-hydrogen) atoms. The fourth-order valence-corrected chi connectivity index (χ4v) is 3.61. The molecule has 0 unspecified atom stereocenters. The van der Waals surface area contributed by atoms with Gasteiger partial charge in [0.2, 0.25) is 5.91 Å². The minimum atomic E-state index is -0.363. The van der Waals surface area contributed by atoms with Gasteiger partial charge < -0.3 is 19.7 Å². The number of benzene rings is 1. The molecule has 0 bridgehead atoms. The van der Waals surface area contributed by atoms with Crippen LogP contribution in [0.2, 0.25) is 0 Å². The first-order chi connectivity index (χ1) is 15.0. The number of aromatic nitrogens is 1. The summed E-state index contributed by atoms with van der Waals surface area (Å²) in [6, 6.07) is 10.7. The zero-order valence-corrected chi connectivity index (χ0v) is 18.3. The Morgan fingerprint density at radius 1 is 1.13 bits per heavy atom. The van der Waals surface area contributed by atoms with Crippen molar-refractivity contribution in [1.29, 1.82) is 0 Å². The van der Waals surface area contributed by atoms with Crippen LogP contribution in [0.3, 0.4) is 0 Å². The van der Waals surface area contributed by atoms with Crippen LogP contribution in [0.5, 0.6) is 5.75 Å². The number of nitrogens with one attached hydrogen (secondary N) is 1. The molecule has 0 radical (unpaired) electrons. The molecule has 0 spiro atoms. The quantitative estimate of drug-likeness (QED) is 0.682. The van der Waals surface area contributed by atoms with Crippen LogP contribution in [0, 0.1) is 0 Å². The van der Waals surface area contributed by atoms with E-state index in [1.807, 2.05) is 37.3 Å². The molecule has 3 rings (SSSR count). The molecule has 166 valence electrons. The molecule has 0 aliphatic carbocycles. The maximum absolute atomic E-state index is 12.8. The summed E-state index contributed by atoms with van der Waals surface area (Å²) in [5.74, 6) is 1.04. The number of carbonyl (C=O) groups is 2. The van der Waals surface area contributed by atoms with Crippen LogP contribution in [0.1, 0.15) is 30.6 Å². The molecule has 8 heteroatoms. The molecule has 1 amide bonds. The third-order valence-electron chi connectivity index (χ3n) is 5.41. The van der Waals surface area contributed by atoms with Crippen LogP contribution in [0.15, 0.2) is 42.6 Å². The summed E-state index contributed by atoms with van der Waals surface area (Å²) in [4.78, 5) is 33.4. The van der Waals surface area contributed by atoms with Crippen molar-refractivity contribution in [2.24, 2.45) is 0 Å². The van der Waals surface area contributed by atoms with Crippen molar-refractivity contribution in [2.45, 2.75) is 26.3 Å². The van der Waals surface area contributed by atoms with E-state index in [2.05, 4.69) is 20.1 Å². The number of nitrogens with zero attached hydrogens (tertiary/aromatic N) is 3. The second-order valence-corrected chi connectivity index (χ2v) is 7.37. The molecule has 1 atom stereocenters. The third-order valence-corrected chi connectivity index (χ3v) is 5.41. The summed E-state index contributed by atoms with van der Waals surface area (Å²) in [6.07, 6.45) is 2.47. The van der Waals surface area contributed by atoms with E-state index in [9.17, 15) is 9.59 Å². The van der Waals surface area contributed by atoms with Gasteiger partial charge in [-0.25, -0.2) is 9.78 Å². The number of hydrogen-bond acceptors (Lipinski definition) is 7. The highest BCUT2D eigenvalue weighted by Gasteiger charge is 2.25. The lowest BCUT2D eigenvalue weighted by Crippen LogP contribution is -2.44. The van der Waals surface area contributed by atoms with Crippen molar-refractivity contribution in [3.63, 3.8) is 0 Å². The summed E-state index contributed by atoms with van der Waals surface area (Å²) < 4.78 is 10.3. The van der Waals surface area contributed by atoms with Gasteiger partial charge in [-0.1, -0.05) is 12.1 Å². The number of amides is 1. The maximum Gasteiger partial charge on any atom is 0.339 e. The molecular formula is C23H30N4O4. The zero-order chi connectivity index (χ0) is 22.2. The second-order valence-electron chi connectivity index (χ2n) is 7.37. The molecule has 2 heterocycles. The van der Waals surface area contributed by atoms with Gasteiger partial charge in [0.05, 0.1) is 31.0 Å². The number of esters is 1. The Kier molecular flexibility index (Phi) is 7.83. The van der Waals surface area contributed by atoms with Gasteiger partial charge in [0.25, 0.3) is 0 Å². The summed E-state index contributed by atoms with van der Waals surface area (Å²) in [7, 11) is 1.59. The van der Waals surface area contributed by atoms with Gasteiger partial charge in [0.1, 0.15) is 11.6 Å². The van der Waals surface area contributed by atoms with Crippen molar-refractivity contribution in [3.8, 4) is 5.75 Å². The second kappa shape index (κ2) is 10.8. The van der Waals surface area contributed by atoms with Crippen molar-refractivity contribution in [2.75, 3.05) is 50.1 Å². The zero-order valence-electron chi connectivity index (χ0n) is 18.3. The minimum Gasteiger partial charge on any atom is -0.495 e. The van der Waals surface area contributed by atoms with Gasteiger partial charge >= 0.3 is 5.97 Å². The highest BCUT2D eigenvalue weighted by Crippen LogP contribution is 2.24. The van der Waals surface area contributed by atoms with Gasteiger partial charge in [-0.05, 0) is 44.5 Å². The van der Waals surface area contributed by atoms with E-state index in [0.29, 0.717) is 23.6 Å². The van der Waals surface area contributed by atoms with E-state index in [1.54, 1.807) is 26.3 Å². The Balaban J connectivity index is 1.59. The molecule has 0 saturated carbocycles. The number of hydrogen-bond donors (Lipinski definition) is 1. The molecule has 8 nitrogen and oxygen atoms in total. The van der Waals surface area contributed by atoms with E-state index in [4.69, 9.17) is 9.47 Å². The molecular weight excluding hydrogens is 396 g/mol. The number of rotatable bonds is 7. The van der Waals surface area contributed by atoms with Crippen molar-refractivity contribution in [1.82, 2.24) is 9.88 Å². The molecule has 1 saturated heterocycles. The predicted octanol–water partition coefficient (Wildman–Crippen LogP) is 2.81. The summed E-state index contributed by atoms with van der Waals surface area (Å²) >= 11 is 0. The van der Waals surface area contributed by atoms with Crippen molar-refractivity contribution in [3.05, 3.63) is 48.2 Å². The van der Waals surface area contributed by atoms with E-state index >= 15 is 0 Å². The van der Waals surface area contributed by atoms with Crippen LogP contribution in [-0.4, -0.2) is 67.7 Å². The molecule has 1 aliphatic heterocycles. The predicted molar refractivity (Wildman–Crippen MR) is 120 cm³/mol. The fourth-order valence-electron chi connectivity index (χ4n) is 3.61. The largest absolute Gasteiger partial charge is 0.495 e. The van der Waals surface area contributed by atoms with Crippen molar-refractivity contribution < 1.29 is 19.1 Å². The van der Waals surface area contributed by atoms with Crippen LogP contribution < -0.4 is 15.0 Å². The molecule has 1 aromatic heterocycles. The average molecular weight is 427 g/mol. The SMILES string of the molecule is CCOC(=O)c1ccc(N2CCCN([C@H](C)C(=O)Nc3ccccc3OC)CC2)nc1. The van der Waals surface area contributed by atoms with Gasteiger partial charge in [0.15, 0.2) is 0 Å². The lowest BCUT2D eigenvalue weighted by Gasteiger charge is -2.27. The maximum atomic E-state index is 12.8. The topological polar surface area (TPSA) is 84.0 Å². The standard InChI is InChI=1S/C23H30N4O4/c1-4-31-23(29)18-10-11-21(24-16-18)27-13-7-12-26(14-15-27)17(2)22(28)25-19-8-5-6-9-20(19)30-3/h5-6,8-11,16-17H,4,7,12-15H2,1-3H3,(H,25,28)/t17-/m1/s1. The van der Waals surface area contributed by atoms with Gasteiger partial charge in [-0.2, -0.15) is 0 Å². The molecule has 1 aliphatic rings. The Morgan fingerprint density at radius 3 is 2.65 bits per heavy atom. The van der Waals surface area contributed by atoms with Gasteiger partial charge in [-0.3, -0.25) is 9.69 Å². The fraction of sp³-hybridized carbons (Fsp3) is 0.435. The molecule has 1 N–H and O–H groups in total. The number of ether oxygens (including phenoxy) is 2. The normalized spacial score (nSPS) is 15.6. The first-order valence-corrected chi connectivity index (χ1v) is 10.6. The van der Waals surface area contributed by atoms with Crippen LogP contribution in [0.4, 0.5) is 11.5 Å². The molecule has 2 aromatic rings. The van der Waals surface area contributed by atoms with Crippen LogP contribution in [-0.2, 0) is 9.53 Å². The van der Waals surface area contributed by atoms with E-state index in [-0.39, 0.29) is 17.9 Å². The molecule has 1 fully saturated rings. The Labute approximate surface area is 183 Å². The van der Waals surface area contributed by atoms with Crippen LogP contribution in [0.25, 0.3) is 0 Å². The third kappa shape index (κ3) is 5.73.